The highest BCUT2D eigenvalue weighted by Gasteiger charge is 2.30. The van der Waals surface area contributed by atoms with E-state index >= 15 is 0 Å². The molecule has 1 aliphatic heterocycles. The van der Waals surface area contributed by atoms with Crippen molar-refractivity contribution < 1.29 is 0 Å². The van der Waals surface area contributed by atoms with E-state index in [2.05, 4.69) is 56.6 Å². The first-order valence-electron chi connectivity index (χ1n) is 6.27. The van der Waals surface area contributed by atoms with Crippen LogP contribution < -0.4 is 11.3 Å². The fraction of sp³-hybridized carbons (Fsp3) is 1.00. The zero-order chi connectivity index (χ0) is 12.1. The zero-order valence-corrected chi connectivity index (χ0v) is 12.5. The summed E-state index contributed by atoms with van der Waals surface area (Å²) >= 11 is 4.21. The van der Waals surface area contributed by atoms with Crippen molar-refractivity contribution in [3.63, 3.8) is 0 Å². The third kappa shape index (κ3) is 4.47. The molecule has 1 heterocycles. The van der Waals surface area contributed by atoms with Gasteiger partial charge in [-0.15, -0.1) is 0 Å². The number of hydrazine groups is 1. The molecule has 0 aromatic heterocycles. The van der Waals surface area contributed by atoms with Gasteiger partial charge in [0.25, 0.3) is 0 Å². The van der Waals surface area contributed by atoms with E-state index in [1.165, 1.54) is 18.6 Å². The topological polar surface area (TPSA) is 38.0 Å². The summed E-state index contributed by atoms with van der Waals surface area (Å²) in [6.07, 6.45) is 2.47. The normalized spacial score (nSPS) is 33.0. The third-order valence-corrected chi connectivity index (χ3v) is 6.84. The van der Waals surface area contributed by atoms with E-state index in [9.17, 15) is 0 Å². The highest BCUT2D eigenvalue weighted by Crippen LogP contribution is 2.37. The highest BCUT2D eigenvalue weighted by molar-refractivity contribution is 8.07. The standard InChI is InChI=1S/C12H26N2S2/c1-8(2)5-6-11(14-13)12-7-15-9(3)10(4)16-12/h8-12,14H,5-7,13H2,1-4H3. The zero-order valence-electron chi connectivity index (χ0n) is 10.9. The van der Waals surface area contributed by atoms with Crippen molar-refractivity contribution in [2.24, 2.45) is 11.8 Å². The Hall–Kier alpha value is 0.620. The minimum Gasteiger partial charge on any atom is -0.271 e. The highest BCUT2D eigenvalue weighted by atomic mass is 32.2. The maximum Gasteiger partial charge on any atom is 0.0337 e. The Morgan fingerprint density at radius 2 is 1.94 bits per heavy atom. The van der Waals surface area contributed by atoms with Gasteiger partial charge in [0, 0.05) is 27.5 Å². The molecule has 0 aliphatic carbocycles. The molecule has 0 radical (unpaired) electrons. The Morgan fingerprint density at radius 3 is 2.44 bits per heavy atom. The lowest BCUT2D eigenvalue weighted by Crippen LogP contribution is -2.46. The molecular formula is C12H26N2S2. The molecule has 1 aliphatic rings. The predicted octanol–water partition coefficient (Wildman–Crippen LogP) is 2.88. The summed E-state index contributed by atoms with van der Waals surface area (Å²) in [5.41, 5.74) is 3.03. The monoisotopic (exact) mass is 262 g/mol. The number of nitrogens with two attached hydrogens (primary N) is 1. The van der Waals surface area contributed by atoms with Crippen LogP contribution in [-0.2, 0) is 0 Å². The molecule has 2 nitrogen and oxygen atoms in total. The van der Waals surface area contributed by atoms with Crippen LogP contribution in [0.15, 0.2) is 0 Å². The molecule has 0 amide bonds. The summed E-state index contributed by atoms with van der Waals surface area (Å²) in [6, 6.07) is 0.481. The van der Waals surface area contributed by atoms with Crippen molar-refractivity contribution >= 4 is 23.5 Å². The van der Waals surface area contributed by atoms with Gasteiger partial charge in [-0.1, -0.05) is 27.7 Å². The van der Waals surface area contributed by atoms with Gasteiger partial charge in [-0.05, 0) is 18.8 Å². The molecule has 0 spiro atoms. The van der Waals surface area contributed by atoms with Gasteiger partial charge >= 0.3 is 0 Å². The Morgan fingerprint density at radius 1 is 1.25 bits per heavy atom. The molecule has 4 unspecified atom stereocenters. The van der Waals surface area contributed by atoms with E-state index in [4.69, 9.17) is 5.84 Å². The quantitative estimate of drug-likeness (QED) is 0.590. The summed E-state index contributed by atoms with van der Waals surface area (Å²) in [7, 11) is 0. The Labute approximate surface area is 109 Å². The molecule has 1 fully saturated rings. The Bertz CT molecular complexity index is 199. The lowest BCUT2D eigenvalue weighted by Gasteiger charge is -2.35. The van der Waals surface area contributed by atoms with Crippen LogP contribution in [0, 0.1) is 5.92 Å². The van der Waals surface area contributed by atoms with Crippen LogP contribution in [0.3, 0.4) is 0 Å². The molecule has 0 bridgehead atoms. The number of hydrogen-bond donors (Lipinski definition) is 2. The van der Waals surface area contributed by atoms with Gasteiger partial charge in [0.05, 0.1) is 0 Å². The smallest absolute Gasteiger partial charge is 0.0337 e. The number of thioether (sulfide) groups is 2. The molecule has 0 aromatic rings. The van der Waals surface area contributed by atoms with Crippen LogP contribution in [0.5, 0.6) is 0 Å². The fourth-order valence-corrected chi connectivity index (χ4v) is 5.06. The molecule has 0 saturated carbocycles. The van der Waals surface area contributed by atoms with Crippen molar-refractivity contribution in [2.45, 2.75) is 62.3 Å². The minimum absolute atomic E-state index is 0.481. The van der Waals surface area contributed by atoms with E-state index in [-0.39, 0.29) is 0 Å². The second-order valence-corrected chi connectivity index (χ2v) is 8.19. The summed E-state index contributed by atoms with van der Waals surface area (Å²) in [6.45, 7) is 9.23. The number of rotatable bonds is 5. The van der Waals surface area contributed by atoms with E-state index < -0.39 is 0 Å². The SMILES string of the molecule is CC(C)CCC(NN)C1CSC(C)C(C)S1. The summed E-state index contributed by atoms with van der Waals surface area (Å²) in [4.78, 5) is 0. The maximum absolute atomic E-state index is 5.70. The van der Waals surface area contributed by atoms with Crippen LogP contribution in [-0.4, -0.2) is 27.5 Å². The predicted molar refractivity (Wildman–Crippen MR) is 77.9 cm³/mol. The lowest BCUT2D eigenvalue weighted by atomic mass is 10.0. The molecule has 0 aromatic carbocycles. The van der Waals surface area contributed by atoms with Gasteiger partial charge in [-0.25, -0.2) is 0 Å². The van der Waals surface area contributed by atoms with E-state index in [0.29, 0.717) is 11.3 Å². The molecule has 1 rings (SSSR count). The molecule has 96 valence electrons. The van der Waals surface area contributed by atoms with Crippen LogP contribution in [0.4, 0.5) is 0 Å². The first kappa shape index (κ1) is 14.7. The van der Waals surface area contributed by atoms with E-state index in [1.54, 1.807) is 0 Å². The van der Waals surface area contributed by atoms with Crippen molar-refractivity contribution in [3.05, 3.63) is 0 Å². The van der Waals surface area contributed by atoms with Gasteiger partial charge in [0.2, 0.25) is 0 Å². The van der Waals surface area contributed by atoms with Crippen molar-refractivity contribution in [1.82, 2.24) is 5.43 Å². The van der Waals surface area contributed by atoms with Gasteiger partial charge in [0.15, 0.2) is 0 Å². The molecule has 1 saturated heterocycles. The fourth-order valence-electron chi connectivity index (χ4n) is 1.91. The minimum atomic E-state index is 0.481. The summed E-state index contributed by atoms with van der Waals surface area (Å²) in [5, 5.41) is 2.21. The second kappa shape index (κ2) is 7.14. The third-order valence-electron chi connectivity index (χ3n) is 3.29. The van der Waals surface area contributed by atoms with Gasteiger partial charge in [0.1, 0.15) is 0 Å². The first-order chi connectivity index (χ1) is 7.54. The van der Waals surface area contributed by atoms with Crippen LogP contribution in [0.25, 0.3) is 0 Å². The van der Waals surface area contributed by atoms with Gasteiger partial charge in [-0.3, -0.25) is 11.3 Å². The molecule has 3 N–H and O–H groups in total. The van der Waals surface area contributed by atoms with Gasteiger partial charge in [-0.2, -0.15) is 23.5 Å². The summed E-state index contributed by atoms with van der Waals surface area (Å²) < 4.78 is 0. The van der Waals surface area contributed by atoms with E-state index in [0.717, 1.165) is 16.4 Å². The van der Waals surface area contributed by atoms with Crippen LogP contribution >= 0.6 is 23.5 Å². The Balaban J connectivity index is 2.40. The maximum atomic E-state index is 5.70. The number of nitrogens with one attached hydrogen (secondary N) is 1. The van der Waals surface area contributed by atoms with Crippen molar-refractivity contribution in [1.29, 1.82) is 0 Å². The number of hydrogen-bond acceptors (Lipinski definition) is 4. The lowest BCUT2D eigenvalue weighted by molar-refractivity contribution is 0.434. The van der Waals surface area contributed by atoms with E-state index in [1.807, 2.05) is 0 Å². The molecular weight excluding hydrogens is 236 g/mol. The largest absolute Gasteiger partial charge is 0.271 e. The van der Waals surface area contributed by atoms with Crippen LogP contribution in [0.2, 0.25) is 0 Å². The van der Waals surface area contributed by atoms with Gasteiger partial charge < -0.3 is 0 Å². The molecule has 16 heavy (non-hydrogen) atoms. The van der Waals surface area contributed by atoms with Crippen molar-refractivity contribution in [3.8, 4) is 0 Å². The molecule has 4 atom stereocenters. The first-order valence-corrected chi connectivity index (χ1v) is 8.27. The average molecular weight is 262 g/mol. The molecule has 4 heteroatoms. The summed E-state index contributed by atoms with van der Waals surface area (Å²) in [5.74, 6) is 7.71. The van der Waals surface area contributed by atoms with Crippen molar-refractivity contribution in [2.75, 3.05) is 5.75 Å². The average Bonchev–Trinajstić information content (AvgIpc) is 2.23. The Kier molecular flexibility index (Phi) is 6.55. The second-order valence-electron chi connectivity index (χ2n) is 5.16. The van der Waals surface area contributed by atoms with Crippen LogP contribution in [0.1, 0.15) is 40.5 Å².